The van der Waals surface area contributed by atoms with Crippen LogP contribution in [0.4, 0.5) is 4.79 Å². The first kappa shape index (κ1) is 19.0. The third-order valence-electron chi connectivity index (χ3n) is 5.85. The van der Waals surface area contributed by atoms with Crippen LogP contribution in [-0.2, 0) is 0 Å². The molecule has 1 aliphatic heterocycles. The van der Waals surface area contributed by atoms with Crippen LogP contribution in [0.15, 0.2) is 24.3 Å². The van der Waals surface area contributed by atoms with Crippen LogP contribution in [0.5, 0.6) is 5.75 Å². The molecule has 1 aliphatic carbocycles. The minimum absolute atomic E-state index is 0.107. The molecular formula is C20H31N3O3. The maximum Gasteiger partial charge on any atom is 0.314 e. The number of piperidine rings is 1. The first-order valence-corrected chi connectivity index (χ1v) is 9.83. The lowest BCUT2D eigenvalue weighted by molar-refractivity contribution is 0.0715. The van der Waals surface area contributed by atoms with E-state index in [1.54, 1.807) is 18.2 Å². The van der Waals surface area contributed by atoms with Gasteiger partial charge in [0.15, 0.2) is 0 Å². The molecule has 6 nitrogen and oxygen atoms in total. The topological polar surface area (TPSA) is 84.8 Å². The SMILES string of the molecule is O=C(NCC(O)c1cccc(O)c1)NCC1(N2CCCCC2)CCCC1. The summed E-state index contributed by atoms with van der Waals surface area (Å²) in [5.74, 6) is 0.107. The fourth-order valence-electron chi connectivity index (χ4n) is 4.35. The predicted octanol–water partition coefficient (Wildman–Crippen LogP) is 2.52. The van der Waals surface area contributed by atoms with Crippen LogP contribution < -0.4 is 10.6 Å². The summed E-state index contributed by atoms with van der Waals surface area (Å²) in [5, 5.41) is 25.4. The van der Waals surface area contributed by atoms with E-state index >= 15 is 0 Å². The third-order valence-corrected chi connectivity index (χ3v) is 5.85. The monoisotopic (exact) mass is 361 g/mol. The minimum atomic E-state index is -0.838. The molecule has 6 heteroatoms. The summed E-state index contributed by atoms with van der Waals surface area (Å²) in [6.07, 6.45) is 7.75. The molecule has 2 aliphatic rings. The van der Waals surface area contributed by atoms with Crippen molar-refractivity contribution in [2.75, 3.05) is 26.2 Å². The Morgan fingerprint density at radius 2 is 1.85 bits per heavy atom. The van der Waals surface area contributed by atoms with Crippen molar-refractivity contribution in [2.45, 2.75) is 56.6 Å². The number of hydrogen-bond donors (Lipinski definition) is 4. The number of aliphatic hydroxyl groups is 1. The van der Waals surface area contributed by atoms with Crippen molar-refractivity contribution in [2.24, 2.45) is 0 Å². The van der Waals surface area contributed by atoms with Gasteiger partial charge in [-0.2, -0.15) is 0 Å². The Balaban J connectivity index is 1.48. The van der Waals surface area contributed by atoms with E-state index in [2.05, 4.69) is 15.5 Å². The molecule has 0 aromatic heterocycles. The molecule has 2 amide bonds. The fourth-order valence-corrected chi connectivity index (χ4v) is 4.35. The number of phenols is 1. The average molecular weight is 361 g/mol. The van der Waals surface area contributed by atoms with Crippen LogP contribution >= 0.6 is 0 Å². The number of urea groups is 1. The van der Waals surface area contributed by atoms with E-state index in [4.69, 9.17) is 0 Å². The zero-order valence-electron chi connectivity index (χ0n) is 15.4. The number of benzene rings is 1. The number of aromatic hydroxyl groups is 1. The zero-order chi connectivity index (χ0) is 18.4. The maximum atomic E-state index is 12.2. The number of hydrogen-bond acceptors (Lipinski definition) is 4. The second-order valence-electron chi connectivity index (χ2n) is 7.65. The Hall–Kier alpha value is -1.79. The Morgan fingerprint density at radius 1 is 1.12 bits per heavy atom. The van der Waals surface area contributed by atoms with Crippen LogP contribution in [0.1, 0.15) is 56.6 Å². The van der Waals surface area contributed by atoms with Gasteiger partial charge in [0.1, 0.15) is 5.75 Å². The van der Waals surface area contributed by atoms with Crippen molar-refractivity contribution < 1.29 is 15.0 Å². The average Bonchev–Trinajstić information content (AvgIpc) is 3.15. The van der Waals surface area contributed by atoms with Gasteiger partial charge >= 0.3 is 6.03 Å². The van der Waals surface area contributed by atoms with E-state index in [1.807, 2.05) is 0 Å². The van der Waals surface area contributed by atoms with Crippen LogP contribution in [0, 0.1) is 0 Å². The highest BCUT2D eigenvalue weighted by molar-refractivity contribution is 5.74. The minimum Gasteiger partial charge on any atom is -0.508 e. The van der Waals surface area contributed by atoms with Gasteiger partial charge in [-0.05, 0) is 56.5 Å². The van der Waals surface area contributed by atoms with E-state index < -0.39 is 6.10 Å². The standard InChI is InChI=1S/C20H31N3O3/c24-17-8-6-7-16(13-17)18(25)14-21-19(26)22-15-20(9-2-3-10-20)23-11-4-1-5-12-23/h6-8,13,18,24-25H,1-5,9-12,14-15H2,(H2,21,22,26). The summed E-state index contributed by atoms with van der Waals surface area (Å²) in [7, 11) is 0. The molecule has 0 bridgehead atoms. The van der Waals surface area contributed by atoms with Gasteiger partial charge in [0.05, 0.1) is 6.10 Å². The van der Waals surface area contributed by atoms with E-state index in [-0.39, 0.29) is 23.9 Å². The number of aliphatic hydroxyl groups excluding tert-OH is 1. The van der Waals surface area contributed by atoms with Gasteiger partial charge in [0, 0.05) is 18.6 Å². The quantitative estimate of drug-likeness (QED) is 0.627. The fraction of sp³-hybridized carbons (Fsp3) is 0.650. The number of nitrogens with zero attached hydrogens (tertiary/aromatic N) is 1. The molecule has 3 rings (SSSR count). The van der Waals surface area contributed by atoms with E-state index in [0.717, 1.165) is 25.9 Å². The third kappa shape index (κ3) is 4.68. The molecule has 144 valence electrons. The highest BCUT2D eigenvalue weighted by atomic mass is 16.3. The zero-order valence-corrected chi connectivity index (χ0v) is 15.4. The molecular weight excluding hydrogens is 330 g/mol. The van der Waals surface area contributed by atoms with E-state index in [9.17, 15) is 15.0 Å². The second-order valence-corrected chi connectivity index (χ2v) is 7.65. The molecule has 1 aromatic carbocycles. The molecule has 1 atom stereocenters. The predicted molar refractivity (Wildman–Crippen MR) is 101 cm³/mol. The van der Waals surface area contributed by atoms with Crippen molar-refractivity contribution in [3.8, 4) is 5.75 Å². The molecule has 1 unspecified atom stereocenters. The highest BCUT2D eigenvalue weighted by Gasteiger charge is 2.39. The molecule has 0 radical (unpaired) electrons. The van der Waals surface area contributed by atoms with Crippen molar-refractivity contribution >= 4 is 6.03 Å². The van der Waals surface area contributed by atoms with Gasteiger partial charge in [-0.3, -0.25) is 4.90 Å². The Bertz CT molecular complexity index is 596. The number of nitrogens with one attached hydrogen (secondary N) is 2. The summed E-state index contributed by atoms with van der Waals surface area (Å²) < 4.78 is 0. The summed E-state index contributed by atoms with van der Waals surface area (Å²) in [6, 6.07) is 6.23. The number of carbonyl (C=O) groups excluding carboxylic acids is 1. The summed E-state index contributed by atoms with van der Waals surface area (Å²) >= 11 is 0. The van der Waals surface area contributed by atoms with Crippen LogP contribution in [-0.4, -0.2) is 52.9 Å². The number of likely N-dealkylation sites (tertiary alicyclic amines) is 1. The van der Waals surface area contributed by atoms with Crippen molar-refractivity contribution in [1.82, 2.24) is 15.5 Å². The number of amides is 2. The number of carbonyl (C=O) groups is 1. The van der Waals surface area contributed by atoms with Gasteiger partial charge in [0.2, 0.25) is 0 Å². The van der Waals surface area contributed by atoms with Gasteiger partial charge in [-0.1, -0.05) is 31.4 Å². The summed E-state index contributed by atoms with van der Waals surface area (Å²) in [4.78, 5) is 14.8. The van der Waals surface area contributed by atoms with Gasteiger partial charge in [-0.15, -0.1) is 0 Å². The molecule has 0 spiro atoms. The second kappa shape index (κ2) is 8.73. The van der Waals surface area contributed by atoms with Crippen LogP contribution in [0.3, 0.4) is 0 Å². The molecule has 1 aromatic rings. The maximum absolute atomic E-state index is 12.2. The lowest BCUT2D eigenvalue weighted by atomic mass is 9.92. The lowest BCUT2D eigenvalue weighted by Crippen LogP contribution is -2.56. The Kier molecular flexibility index (Phi) is 6.38. The van der Waals surface area contributed by atoms with E-state index in [0.29, 0.717) is 12.1 Å². The Labute approximate surface area is 155 Å². The van der Waals surface area contributed by atoms with Gasteiger partial charge < -0.3 is 20.8 Å². The molecule has 4 N–H and O–H groups in total. The Morgan fingerprint density at radius 3 is 2.54 bits per heavy atom. The first-order chi connectivity index (χ1) is 12.6. The summed E-state index contributed by atoms with van der Waals surface area (Å²) in [6.45, 7) is 3.06. The highest BCUT2D eigenvalue weighted by Crippen LogP contribution is 2.36. The molecule has 2 fully saturated rings. The van der Waals surface area contributed by atoms with Crippen LogP contribution in [0.2, 0.25) is 0 Å². The molecule has 26 heavy (non-hydrogen) atoms. The number of phenolic OH excluding ortho intramolecular Hbond substituents is 1. The van der Waals surface area contributed by atoms with Gasteiger partial charge in [0.25, 0.3) is 0 Å². The number of rotatable bonds is 6. The van der Waals surface area contributed by atoms with Crippen LogP contribution in [0.25, 0.3) is 0 Å². The normalized spacial score (nSPS) is 21.3. The summed E-state index contributed by atoms with van der Waals surface area (Å²) in [5.41, 5.74) is 0.701. The van der Waals surface area contributed by atoms with E-state index in [1.165, 1.54) is 38.2 Å². The largest absolute Gasteiger partial charge is 0.508 e. The van der Waals surface area contributed by atoms with Crippen molar-refractivity contribution in [1.29, 1.82) is 0 Å². The molecule has 1 saturated carbocycles. The molecule has 1 heterocycles. The molecule has 1 saturated heterocycles. The lowest BCUT2D eigenvalue weighted by Gasteiger charge is -2.43. The van der Waals surface area contributed by atoms with Crippen molar-refractivity contribution in [3.63, 3.8) is 0 Å². The van der Waals surface area contributed by atoms with Gasteiger partial charge in [-0.25, -0.2) is 4.79 Å². The smallest absolute Gasteiger partial charge is 0.314 e. The first-order valence-electron chi connectivity index (χ1n) is 9.83. The van der Waals surface area contributed by atoms with Crippen molar-refractivity contribution in [3.05, 3.63) is 29.8 Å².